The highest BCUT2D eigenvalue weighted by Crippen LogP contribution is 2.37. The summed E-state index contributed by atoms with van der Waals surface area (Å²) in [5.41, 5.74) is 10.9. The lowest BCUT2D eigenvalue weighted by Crippen LogP contribution is -2.50. The topological polar surface area (TPSA) is 34.4 Å². The molecule has 230 valence electrons. The molecular formula is C37H57N5. The van der Waals surface area contributed by atoms with Crippen LogP contribution in [-0.2, 0) is 0 Å². The summed E-state index contributed by atoms with van der Waals surface area (Å²) in [5.74, 6) is 1.80. The lowest BCUT2D eigenvalue weighted by atomic mass is 9.88. The van der Waals surface area contributed by atoms with Crippen molar-refractivity contribution in [2.75, 3.05) is 33.7 Å². The Labute approximate surface area is 257 Å². The molecule has 42 heavy (non-hydrogen) atoms. The van der Waals surface area contributed by atoms with Crippen LogP contribution in [0.2, 0.25) is 0 Å². The molecule has 4 aliphatic rings. The number of allylic oxidation sites excluding steroid dienone is 8. The van der Waals surface area contributed by atoms with Gasteiger partial charge in [0.25, 0.3) is 0 Å². The number of rotatable bonds is 8. The highest BCUT2D eigenvalue weighted by Gasteiger charge is 2.31. The molecule has 2 fully saturated rings. The monoisotopic (exact) mass is 571 g/mol. The van der Waals surface area contributed by atoms with Crippen LogP contribution < -0.4 is 0 Å². The minimum atomic E-state index is 0.553. The van der Waals surface area contributed by atoms with E-state index in [-0.39, 0.29) is 0 Å². The summed E-state index contributed by atoms with van der Waals surface area (Å²) in [6.07, 6.45) is 18.7. The zero-order valence-electron chi connectivity index (χ0n) is 28.3. The molecule has 1 saturated carbocycles. The average molecular weight is 572 g/mol. The van der Waals surface area contributed by atoms with Crippen molar-refractivity contribution in [3.05, 3.63) is 82.0 Å². The summed E-state index contributed by atoms with van der Waals surface area (Å²) < 4.78 is 0. The van der Waals surface area contributed by atoms with Gasteiger partial charge in [-0.25, -0.2) is 4.99 Å². The number of likely N-dealkylation sites (N-methyl/N-ethyl adjacent to an activating group) is 1. The summed E-state index contributed by atoms with van der Waals surface area (Å²) in [7, 11) is 4.06. The van der Waals surface area contributed by atoms with Crippen molar-refractivity contribution in [2.24, 2.45) is 15.9 Å². The van der Waals surface area contributed by atoms with Gasteiger partial charge in [0.2, 0.25) is 0 Å². The molecule has 3 aliphatic heterocycles. The van der Waals surface area contributed by atoms with Gasteiger partial charge in [0.1, 0.15) is 5.84 Å². The molecule has 0 spiro atoms. The zero-order valence-corrected chi connectivity index (χ0v) is 28.3. The van der Waals surface area contributed by atoms with Crippen molar-refractivity contribution in [3.63, 3.8) is 0 Å². The van der Waals surface area contributed by atoms with Crippen LogP contribution in [0.4, 0.5) is 0 Å². The Hall–Kier alpha value is -2.92. The van der Waals surface area contributed by atoms with E-state index in [1.807, 2.05) is 14.0 Å². The Kier molecular flexibility index (Phi) is 12.4. The summed E-state index contributed by atoms with van der Waals surface area (Å²) in [6, 6.07) is 0.553. The quantitative estimate of drug-likeness (QED) is 0.166. The third-order valence-electron chi connectivity index (χ3n) is 9.28. The van der Waals surface area contributed by atoms with Crippen LogP contribution >= 0.6 is 0 Å². The van der Waals surface area contributed by atoms with Crippen LogP contribution in [0, 0.1) is 5.92 Å². The second-order valence-corrected chi connectivity index (χ2v) is 12.6. The fourth-order valence-corrected chi connectivity index (χ4v) is 5.32. The SMILES string of the molecule is C=C(C)/C(C)=C/C(=NC)C1=CC(=C2CCC2)N2C=C(N3CCN(C)[C@@H](C)C3)C=C(C)C2=N1.CCC/C=C(/C)C(C)CC. The molecular weight excluding hydrogens is 514 g/mol. The van der Waals surface area contributed by atoms with Crippen molar-refractivity contribution in [3.8, 4) is 0 Å². The average Bonchev–Trinajstić information content (AvgIpc) is 2.94. The van der Waals surface area contributed by atoms with Crippen molar-refractivity contribution < 1.29 is 0 Å². The number of piperazine rings is 1. The Balaban J connectivity index is 0.000000416. The zero-order chi connectivity index (χ0) is 31.0. The molecule has 5 heteroatoms. The molecule has 1 saturated heterocycles. The minimum absolute atomic E-state index is 0.553. The molecule has 3 heterocycles. The molecule has 0 amide bonds. The van der Waals surface area contributed by atoms with Crippen molar-refractivity contribution in [1.29, 1.82) is 0 Å². The highest BCUT2D eigenvalue weighted by molar-refractivity contribution is 6.13. The molecule has 2 atom stereocenters. The lowest BCUT2D eigenvalue weighted by molar-refractivity contribution is 0.132. The van der Waals surface area contributed by atoms with E-state index in [4.69, 9.17) is 4.99 Å². The van der Waals surface area contributed by atoms with E-state index in [2.05, 4.69) is 112 Å². The molecule has 0 bridgehead atoms. The van der Waals surface area contributed by atoms with E-state index in [1.54, 1.807) is 5.57 Å². The third kappa shape index (κ3) is 8.34. The predicted molar refractivity (Wildman–Crippen MR) is 184 cm³/mol. The smallest absolute Gasteiger partial charge is 0.140 e. The number of hydrogen-bond donors (Lipinski definition) is 0. The maximum atomic E-state index is 5.09. The number of amidine groups is 1. The van der Waals surface area contributed by atoms with Gasteiger partial charge >= 0.3 is 0 Å². The first-order valence-corrected chi connectivity index (χ1v) is 16.2. The van der Waals surface area contributed by atoms with Crippen LogP contribution in [0.15, 0.2) is 92.0 Å². The van der Waals surface area contributed by atoms with Gasteiger partial charge in [0, 0.05) is 44.6 Å². The van der Waals surface area contributed by atoms with Crippen LogP contribution in [0.25, 0.3) is 0 Å². The largest absolute Gasteiger partial charge is 0.367 e. The van der Waals surface area contributed by atoms with E-state index >= 15 is 0 Å². The second kappa shape index (κ2) is 15.5. The first kappa shape index (κ1) is 33.6. The fraction of sp³-hybridized carbons (Fsp3) is 0.568. The lowest BCUT2D eigenvalue weighted by Gasteiger charge is -2.42. The number of unbranched alkanes of at least 4 members (excludes halogenated alkanes) is 1. The Morgan fingerprint density at radius 1 is 1.17 bits per heavy atom. The van der Waals surface area contributed by atoms with E-state index < -0.39 is 0 Å². The van der Waals surface area contributed by atoms with E-state index in [0.29, 0.717) is 6.04 Å². The number of fused-ring (bicyclic) bond motifs is 1. The highest BCUT2D eigenvalue weighted by atomic mass is 15.3. The number of nitrogens with zero attached hydrogens (tertiary/aromatic N) is 5. The van der Waals surface area contributed by atoms with E-state index in [9.17, 15) is 0 Å². The Morgan fingerprint density at radius 2 is 1.88 bits per heavy atom. The van der Waals surface area contributed by atoms with Gasteiger partial charge in [-0.3, -0.25) is 9.89 Å². The molecule has 0 aromatic heterocycles. The van der Waals surface area contributed by atoms with Crippen LogP contribution in [0.3, 0.4) is 0 Å². The van der Waals surface area contributed by atoms with Crippen LogP contribution in [0.1, 0.15) is 93.9 Å². The van der Waals surface area contributed by atoms with Gasteiger partial charge in [-0.15, -0.1) is 0 Å². The molecule has 4 rings (SSSR count). The summed E-state index contributed by atoms with van der Waals surface area (Å²) in [4.78, 5) is 16.9. The molecule has 5 nitrogen and oxygen atoms in total. The molecule has 0 radical (unpaired) electrons. The number of aliphatic imine (C=N–C) groups is 2. The van der Waals surface area contributed by atoms with Gasteiger partial charge < -0.3 is 9.80 Å². The van der Waals surface area contributed by atoms with Gasteiger partial charge in [-0.05, 0) is 115 Å². The summed E-state index contributed by atoms with van der Waals surface area (Å²) >= 11 is 0. The van der Waals surface area contributed by atoms with Crippen molar-refractivity contribution in [1.82, 2.24) is 14.7 Å². The molecule has 0 aromatic carbocycles. The van der Waals surface area contributed by atoms with Crippen LogP contribution in [0.5, 0.6) is 0 Å². The van der Waals surface area contributed by atoms with Gasteiger partial charge in [0.05, 0.1) is 17.1 Å². The molecule has 0 N–H and O–H groups in total. The fourth-order valence-electron chi connectivity index (χ4n) is 5.32. The Morgan fingerprint density at radius 3 is 2.43 bits per heavy atom. The molecule has 1 unspecified atom stereocenters. The maximum Gasteiger partial charge on any atom is 0.140 e. The molecule has 1 aliphatic carbocycles. The normalized spacial score (nSPS) is 22.7. The van der Waals surface area contributed by atoms with Gasteiger partial charge in [-0.1, -0.05) is 51.0 Å². The summed E-state index contributed by atoms with van der Waals surface area (Å²) in [6.45, 7) is 24.9. The molecule has 0 aromatic rings. The standard InChI is InChI=1S/C27H37N5.C10H20/c1-18(2)19(3)14-24(28-6)25-15-26(22-9-8-10-22)32-17-23(13-20(4)27(32)29-25)31-12-11-30(7)21(5)16-31;1-5-7-8-10(4)9(3)6-2/h13-15,17,21H,1,8-12,16H2,2-7H3;8-9H,5-7H2,1-4H3/b19-14+,28-24?;10-8-/t21-;/m0./s1. The first-order chi connectivity index (χ1) is 20.0. The predicted octanol–water partition coefficient (Wildman–Crippen LogP) is 8.83. The number of hydrogen-bond acceptors (Lipinski definition) is 5. The van der Waals surface area contributed by atoms with E-state index in [0.717, 1.165) is 53.9 Å². The first-order valence-electron chi connectivity index (χ1n) is 16.2. The van der Waals surface area contributed by atoms with Crippen molar-refractivity contribution >= 4 is 11.5 Å². The second-order valence-electron chi connectivity index (χ2n) is 12.6. The van der Waals surface area contributed by atoms with Crippen molar-refractivity contribution in [2.45, 2.75) is 100.0 Å². The summed E-state index contributed by atoms with van der Waals surface area (Å²) in [5, 5.41) is 0. The Bertz CT molecular complexity index is 1240. The van der Waals surface area contributed by atoms with E-state index in [1.165, 1.54) is 61.1 Å². The third-order valence-corrected chi connectivity index (χ3v) is 9.28. The van der Waals surface area contributed by atoms with Gasteiger partial charge in [0.15, 0.2) is 0 Å². The van der Waals surface area contributed by atoms with Gasteiger partial charge in [-0.2, -0.15) is 0 Å². The minimum Gasteiger partial charge on any atom is -0.367 e. The van der Waals surface area contributed by atoms with Crippen LogP contribution in [-0.4, -0.2) is 66.0 Å². The maximum absolute atomic E-state index is 5.09.